The van der Waals surface area contributed by atoms with Crippen molar-refractivity contribution in [3.8, 4) is 5.75 Å². The number of nitrogens with one attached hydrogen (secondary N) is 1. The quantitative estimate of drug-likeness (QED) is 0.455. The van der Waals surface area contributed by atoms with Crippen LogP contribution in [0.1, 0.15) is 24.6 Å². The van der Waals surface area contributed by atoms with E-state index in [0.717, 1.165) is 58.6 Å². The molecule has 132 valence electrons. The summed E-state index contributed by atoms with van der Waals surface area (Å²) >= 11 is 1.65. The summed E-state index contributed by atoms with van der Waals surface area (Å²) < 4.78 is 11.2. The second kappa shape index (κ2) is 8.87. The van der Waals surface area contributed by atoms with E-state index in [4.69, 9.17) is 9.47 Å². The number of H-pyrrole nitrogens is 1. The van der Waals surface area contributed by atoms with Crippen LogP contribution in [-0.4, -0.2) is 34.8 Å². The maximum absolute atomic E-state index is 5.87. The fourth-order valence-electron chi connectivity index (χ4n) is 2.48. The number of pyridine rings is 1. The van der Waals surface area contributed by atoms with E-state index in [1.54, 1.807) is 18.0 Å². The molecule has 0 saturated heterocycles. The predicted octanol–water partition coefficient (Wildman–Crippen LogP) is 4.36. The van der Waals surface area contributed by atoms with Gasteiger partial charge in [0.2, 0.25) is 0 Å². The van der Waals surface area contributed by atoms with Crippen LogP contribution in [0.5, 0.6) is 5.75 Å². The second-order valence-corrected chi connectivity index (χ2v) is 6.59. The van der Waals surface area contributed by atoms with E-state index in [0.29, 0.717) is 6.61 Å². The maximum Gasteiger partial charge on any atom is 0.166 e. The number of thioether (sulfide) groups is 1. The number of fused-ring (bicyclic) bond motifs is 1. The highest BCUT2D eigenvalue weighted by Gasteiger charge is 2.09. The van der Waals surface area contributed by atoms with Gasteiger partial charge in [0, 0.05) is 37.1 Å². The monoisotopic (exact) mass is 357 g/mol. The largest absolute Gasteiger partial charge is 0.493 e. The van der Waals surface area contributed by atoms with Gasteiger partial charge in [0.15, 0.2) is 5.16 Å². The number of hydrogen-bond acceptors (Lipinski definition) is 5. The zero-order chi connectivity index (χ0) is 17.5. The van der Waals surface area contributed by atoms with E-state index in [-0.39, 0.29) is 0 Å². The number of aromatic nitrogens is 3. The van der Waals surface area contributed by atoms with Gasteiger partial charge in [-0.25, -0.2) is 4.98 Å². The third kappa shape index (κ3) is 4.74. The molecule has 0 radical (unpaired) electrons. The summed E-state index contributed by atoms with van der Waals surface area (Å²) in [5.74, 6) is 1.65. The Balaban J connectivity index is 1.59. The molecule has 3 aromatic rings. The molecule has 0 aliphatic rings. The molecule has 5 nitrogen and oxygen atoms in total. The molecule has 1 aromatic carbocycles. The first kappa shape index (κ1) is 17.8. The number of para-hydroxylation sites is 2. The molecule has 0 amide bonds. The number of ether oxygens (including phenoxy) is 2. The SMILES string of the molecule is CCOCCCOc1ccnc(CSc2nc3ccccc3[nH]2)c1C. The van der Waals surface area contributed by atoms with Crippen LogP contribution in [-0.2, 0) is 10.5 Å². The highest BCUT2D eigenvalue weighted by atomic mass is 32.2. The minimum Gasteiger partial charge on any atom is -0.493 e. The minimum absolute atomic E-state index is 0.654. The average molecular weight is 357 g/mol. The van der Waals surface area contributed by atoms with Crippen LogP contribution in [0.3, 0.4) is 0 Å². The highest BCUT2D eigenvalue weighted by molar-refractivity contribution is 7.98. The van der Waals surface area contributed by atoms with E-state index in [2.05, 4.69) is 21.9 Å². The number of hydrogen-bond donors (Lipinski definition) is 1. The van der Waals surface area contributed by atoms with Crippen molar-refractivity contribution in [2.45, 2.75) is 31.2 Å². The van der Waals surface area contributed by atoms with Gasteiger partial charge in [-0.2, -0.15) is 0 Å². The summed E-state index contributed by atoms with van der Waals surface area (Å²) in [6, 6.07) is 9.97. The van der Waals surface area contributed by atoms with Crippen LogP contribution in [0.15, 0.2) is 41.7 Å². The minimum atomic E-state index is 0.654. The zero-order valence-electron chi connectivity index (χ0n) is 14.6. The molecule has 0 unspecified atom stereocenters. The van der Waals surface area contributed by atoms with Crippen molar-refractivity contribution in [2.24, 2.45) is 0 Å². The number of aromatic amines is 1. The fraction of sp³-hybridized carbons (Fsp3) is 0.368. The first-order valence-electron chi connectivity index (χ1n) is 8.50. The molecule has 25 heavy (non-hydrogen) atoms. The normalized spacial score (nSPS) is 11.1. The summed E-state index contributed by atoms with van der Waals surface area (Å²) in [5.41, 5.74) is 4.15. The summed E-state index contributed by atoms with van der Waals surface area (Å²) in [6.07, 6.45) is 2.69. The average Bonchev–Trinajstić information content (AvgIpc) is 3.05. The topological polar surface area (TPSA) is 60.0 Å². The Morgan fingerprint density at radius 3 is 2.88 bits per heavy atom. The van der Waals surface area contributed by atoms with Gasteiger partial charge < -0.3 is 14.5 Å². The Kier molecular flexibility index (Phi) is 6.30. The van der Waals surface area contributed by atoms with E-state index < -0.39 is 0 Å². The van der Waals surface area contributed by atoms with Crippen LogP contribution in [0, 0.1) is 6.92 Å². The lowest BCUT2D eigenvalue weighted by atomic mass is 10.2. The van der Waals surface area contributed by atoms with Gasteiger partial charge in [-0.3, -0.25) is 4.98 Å². The Hall–Kier alpha value is -2.05. The van der Waals surface area contributed by atoms with Crippen molar-refractivity contribution >= 4 is 22.8 Å². The molecule has 3 rings (SSSR count). The third-order valence-electron chi connectivity index (χ3n) is 3.87. The Labute approximate surface area is 152 Å². The molecule has 0 aliphatic heterocycles. The Bertz CT molecular complexity index is 786. The van der Waals surface area contributed by atoms with Crippen molar-refractivity contribution in [2.75, 3.05) is 19.8 Å². The molecule has 0 saturated carbocycles. The molecule has 1 N–H and O–H groups in total. The van der Waals surface area contributed by atoms with E-state index in [1.165, 1.54) is 0 Å². The van der Waals surface area contributed by atoms with Crippen LogP contribution in [0.4, 0.5) is 0 Å². The van der Waals surface area contributed by atoms with Gasteiger partial charge in [-0.15, -0.1) is 0 Å². The van der Waals surface area contributed by atoms with Gasteiger partial charge in [0.25, 0.3) is 0 Å². The number of benzene rings is 1. The molecule has 6 heteroatoms. The zero-order valence-corrected chi connectivity index (χ0v) is 15.4. The standard InChI is InChI=1S/C19H23N3O2S/c1-3-23-11-6-12-24-18-9-10-20-17(14(18)2)13-25-19-21-15-7-4-5-8-16(15)22-19/h4-5,7-10H,3,6,11-13H2,1-2H3,(H,21,22). The summed E-state index contributed by atoms with van der Waals surface area (Å²) in [5, 5.41) is 0.908. The first-order chi connectivity index (χ1) is 12.3. The lowest BCUT2D eigenvalue weighted by Gasteiger charge is -2.11. The Morgan fingerprint density at radius 1 is 1.16 bits per heavy atom. The molecule has 2 aromatic heterocycles. The van der Waals surface area contributed by atoms with Gasteiger partial charge in [-0.05, 0) is 32.0 Å². The molecule has 0 fully saturated rings. The first-order valence-corrected chi connectivity index (χ1v) is 9.49. The van der Waals surface area contributed by atoms with E-state index in [1.807, 2.05) is 37.3 Å². The number of imidazole rings is 1. The lowest BCUT2D eigenvalue weighted by Crippen LogP contribution is -2.05. The van der Waals surface area contributed by atoms with E-state index >= 15 is 0 Å². The molecular formula is C19H23N3O2S. The van der Waals surface area contributed by atoms with Gasteiger partial charge >= 0.3 is 0 Å². The van der Waals surface area contributed by atoms with Gasteiger partial charge in [0.05, 0.1) is 23.3 Å². The van der Waals surface area contributed by atoms with Crippen LogP contribution in [0.2, 0.25) is 0 Å². The predicted molar refractivity (Wildman–Crippen MR) is 101 cm³/mol. The molecule has 0 bridgehead atoms. The van der Waals surface area contributed by atoms with Crippen molar-refractivity contribution in [1.82, 2.24) is 15.0 Å². The molecule has 0 atom stereocenters. The molecule has 0 spiro atoms. The van der Waals surface area contributed by atoms with Crippen molar-refractivity contribution in [1.29, 1.82) is 0 Å². The molecular weight excluding hydrogens is 334 g/mol. The second-order valence-electron chi connectivity index (χ2n) is 5.63. The van der Waals surface area contributed by atoms with Crippen molar-refractivity contribution in [3.05, 3.63) is 47.8 Å². The maximum atomic E-state index is 5.87. The lowest BCUT2D eigenvalue weighted by molar-refractivity contribution is 0.130. The van der Waals surface area contributed by atoms with Crippen molar-refractivity contribution < 1.29 is 9.47 Å². The highest BCUT2D eigenvalue weighted by Crippen LogP contribution is 2.27. The molecule has 2 heterocycles. The van der Waals surface area contributed by atoms with Crippen LogP contribution in [0.25, 0.3) is 11.0 Å². The smallest absolute Gasteiger partial charge is 0.166 e. The Morgan fingerprint density at radius 2 is 2.04 bits per heavy atom. The van der Waals surface area contributed by atoms with Crippen LogP contribution < -0.4 is 4.74 Å². The third-order valence-corrected chi connectivity index (χ3v) is 4.75. The number of rotatable bonds is 9. The van der Waals surface area contributed by atoms with Crippen molar-refractivity contribution in [3.63, 3.8) is 0 Å². The van der Waals surface area contributed by atoms with Crippen LogP contribution >= 0.6 is 11.8 Å². The van der Waals surface area contributed by atoms with Gasteiger partial charge in [0.1, 0.15) is 5.75 Å². The summed E-state index contributed by atoms with van der Waals surface area (Å²) in [7, 11) is 0. The summed E-state index contributed by atoms with van der Waals surface area (Å²) in [6.45, 7) is 6.19. The number of nitrogens with zero attached hydrogens (tertiary/aromatic N) is 2. The van der Waals surface area contributed by atoms with E-state index in [9.17, 15) is 0 Å². The fourth-order valence-corrected chi connectivity index (χ4v) is 3.39. The molecule has 0 aliphatic carbocycles. The summed E-state index contributed by atoms with van der Waals surface area (Å²) in [4.78, 5) is 12.4. The van der Waals surface area contributed by atoms with Gasteiger partial charge in [-0.1, -0.05) is 23.9 Å².